The monoisotopic (exact) mass is 202 g/mol. The molecule has 1 aliphatic rings. The van der Waals surface area contributed by atoms with E-state index in [-0.39, 0.29) is 0 Å². The fourth-order valence-corrected chi connectivity index (χ4v) is 2.47. The molecule has 15 heavy (non-hydrogen) atoms. The van der Waals surface area contributed by atoms with Gasteiger partial charge in [0.05, 0.1) is 12.0 Å². The van der Waals surface area contributed by atoms with Gasteiger partial charge in [-0.1, -0.05) is 19.3 Å². The SMILES string of the molecule is c1nc(C2CCCCC2)c2[nH]cnc2n1. The molecule has 0 aliphatic heterocycles. The van der Waals surface area contributed by atoms with Crippen molar-refractivity contribution in [3.63, 3.8) is 0 Å². The predicted molar refractivity (Wildman–Crippen MR) is 57.5 cm³/mol. The largest absolute Gasteiger partial charge is 0.342 e. The van der Waals surface area contributed by atoms with Crippen LogP contribution in [0.25, 0.3) is 11.2 Å². The molecule has 2 heterocycles. The molecule has 2 aromatic heterocycles. The standard InChI is InChI=1S/C11H14N4/c1-2-4-8(5-3-1)9-10-11(14-6-12-9)15-7-13-10/h6-8H,1-5H2,(H,12,13,14,15). The molecule has 1 saturated carbocycles. The van der Waals surface area contributed by atoms with Crippen LogP contribution in [-0.4, -0.2) is 19.9 Å². The van der Waals surface area contributed by atoms with Crippen LogP contribution in [0.3, 0.4) is 0 Å². The van der Waals surface area contributed by atoms with Gasteiger partial charge in [-0.15, -0.1) is 0 Å². The number of aromatic amines is 1. The lowest BCUT2D eigenvalue weighted by Gasteiger charge is -2.20. The molecule has 1 fully saturated rings. The maximum Gasteiger partial charge on any atom is 0.180 e. The minimum atomic E-state index is 0.602. The number of nitrogens with zero attached hydrogens (tertiary/aromatic N) is 3. The van der Waals surface area contributed by atoms with Crippen molar-refractivity contribution >= 4 is 11.2 Å². The summed E-state index contributed by atoms with van der Waals surface area (Å²) in [7, 11) is 0. The Morgan fingerprint density at radius 3 is 2.80 bits per heavy atom. The molecule has 0 atom stereocenters. The highest BCUT2D eigenvalue weighted by molar-refractivity contribution is 5.72. The minimum Gasteiger partial charge on any atom is -0.342 e. The fourth-order valence-electron chi connectivity index (χ4n) is 2.47. The first-order valence-electron chi connectivity index (χ1n) is 5.59. The predicted octanol–water partition coefficient (Wildman–Crippen LogP) is 2.40. The van der Waals surface area contributed by atoms with E-state index in [9.17, 15) is 0 Å². The fraction of sp³-hybridized carbons (Fsp3) is 0.545. The molecule has 0 unspecified atom stereocenters. The molecular weight excluding hydrogens is 188 g/mol. The number of H-pyrrole nitrogens is 1. The van der Waals surface area contributed by atoms with Crippen LogP contribution in [0.5, 0.6) is 0 Å². The van der Waals surface area contributed by atoms with Crippen LogP contribution in [-0.2, 0) is 0 Å². The van der Waals surface area contributed by atoms with Crippen LogP contribution in [0.1, 0.15) is 43.7 Å². The molecule has 0 bridgehead atoms. The van der Waals surface area contributed by atoms with E-state index in [0.29, 0.717) is 5.92 Å². The maximum absolute atomic E-state index is 4.42. The van der Waals surface area contributed by atoms with Gasteiger partial charge in [0.1, 0.15) is 11.8 Å². The Bertz CT molecular complexity index is 456. The van der Waals surface area contributed by atoms with E-state index >= 15 is 0 Å². The van der Waals surface area contributed by atoms with E-state index in [0.717, 1.165) is 16.9 Å². The van der Waals surface area contributed by atoms with Crippen molar-refractivity contribution in [2.75, 3.05) is 0 Å². The highest BCUT2D eigenvalue weighted by atomic mass is 15.0. The molecule has 0 spiro atoms. The summed E-state index contributed by atoms with van der Waals surface area (Å²) in [4.78, 5) is 15.9. The summed E-state index contributed by atoms with van der Waals surface area (Å²) in [6, 6.07) is 0. The first-order valence-corrected chi connectivity index (χ1v) is 5.59. The summed E-state index contributed by atoms with van der Waals surface area (Å²) in [6.07, 6.45) is 9.86. The molecule has 78 valence electrons. The summed E-state index contributed by atoms with van der Waals surface area (Å²) in [5.74, 6) is 0.602. The Kier molecular flexibility index (Phi) is 2.12. The average Bonchev–Trinajstić information content (AvgIpc) is 2.78. The van der Waals surface area contributed by atoms with Gasteiger partial charge in [0, 0.05) is 5.92 Å². The van der Waals surface area contributed by atoms with Crippen molar-refractivity contribution in [3.05, 3.63) is 18.3 Å². The minimum absolute atomic E-state index is 0.602. The third-order valence-electron chi connectivity index (χ3n) is 3.24. The van der Waals surface area contributed by atoms with Crippen LogP contribution in [0.2, 0.25) is 0 Å². The number of imidazole rings is 1. The van der Waals surface area contributed by atoms with Crippen molar-refractivity contribution in [1.29, 1.82) is 0 Å². The van der Waals surface area contributed by atoms with Gasteiger partial charge < -0.3 is 4.98 Å². The van der Waals surface area contributed by atoms with Gasteiger partial charge in [0.25, 0.3) is 0 Å². The second-order valence-corrected chi connectivity index (χ2v) is 4.19. The third kappa shape index (κ3) is 1.50. The summed E-state index contributed by atoms with van der Waals surface area (Å²) in [5, 5.41) is 0. The highest BCUT2D eigenvalue weighted by Crippen LogP contribution is 2.33. The van der Waals surface area contributed by atoms with Crippen LogP contribution in [0, 0.1) is 0 Å². The van der Waals surface area contributed by atoms with Crippen molar-refractivity contribution < 1.29 is 0 Å². The maximum atomic E-state index is 4.42. The molecule has 4 nitrogen and oxygen atoms in total. The smallest absolute Gasteiger partial charge is 0.180 e. The molecule has 1 aliphatic carbocycles. The summed E-state index contributed by atoms with van der Waals surface area (Å²) in [5.41, 5.74) is 2.99. The molecular formula is C11H14N4. The Balaban J connectivity index is 2.05. The molecule has 1 N–H and O–H groups in total. The number of rotatable bonds is 1. The van der Waals surface area contributed by atoms with E-state index in [2.05, 4.69) is 19.9 Å². The Labute approximate surface area is 88.2 Å². The summed E-state index contributed by atoms with van der Waals surface area (Å²) in [6.45, 7) is 0. The lowest BCUT2D eigenvalue weighted by atomic mass is 9.86. The Morgan fingerprint density at radius 2 is 1.93 bits per heavy atom. The molecule has 0 saturated heterocycles. The van der Waals surface area contributed by atoms with Gasteiger partial charge in [-0.05, 0) is 12.8 Å². The molecule has 0 aromatic carbocycles. The van der Waals surface area contributed by atoms with Crippen LogP contribution < -0.4 is 0 Å². The second-order valence-electron chi connectivity index (χ2n) is 4.19. The molecule has 2 aromatic rings. The zero-order chi connectivity index (χ0) is 10.1. The normalized spacial score (nSPS) is 18.4. The molecule has 3 rings (SSSR count). The number of hydrogen-bond donors (Lipinski definition) is 1. The number of fused-ring (bicyclic) bond motifs is 1. The number of nitrogens with one attached hydrogen (secondary N) is 1. The number of hydrogen-bond acceptors (Lipinski definition) is 3. The van der Waals surface area contributed by atoms with Crippen molar-refractivity contribution in [3.8, 4) is 0 Å². The van der Waals surface area contributed by atoms with Gasteiger partial charge in [-0.2, -0.15) is 0 Å². The first-order chi connectivity index (χ1) is 7.45. The lowest BCUT2D eigenvalue weighted by Crippen LogP contribution is -2.07. The van der Waals surface area contributed by atoms with E-state index in [1.165, 1.54) is 32.1 Å². The zero-order valence-corrected chi connectivity index (χ0v) is 8.61. The first kappa shape index (κ1) is 8.83. The van der Waals surface area contributed by atoms with Gasteiger partial charge in [-0.25, -0.2) is 15.0 Å². The van der Waals surface area contributed by atoms with Crippen molar-refractivity contribution in [1.82, 2.24) is 19.9 Å². The average molecular weight is 202 g/mol. The van der Waals surface area contributed by atoms with Crippen molar-refractivity contribution in [2.45, 2.75) is 38.0 Å². The quantitative estimate of drug-likeness (QED) is 0.772. The van der Waals surface area contributed by atoms with Crippen LogP contribution in [0.4, 0.5) is 0 Å². The van der Waals surface area contributed by atoms with Gasteiger partial charge in [0.15, 0.2) is 5.65 Å². The van der Waals surface area contributed by atoms with E-state index in [4.69, 9.17) is 0 Å². The summed E-state index contributed by atoms with van der Waals surface area (Å²) >= 11 is 0. The highest BCUT2D eigenvalue weighted by Gasteiger charge is 2.19. The van der Waals surface area contributed by atoms with E-state index in [1.54, 1.807) is 12.7 Å². The molecule has 0 amide bonds. The zero-order valence-electron chi connectivity index (χ0n) is 8.61. The summed E-state index contributed by atoms with van der Waals surface area (Å²) < 4.78 is 0. The number of aromatic nitrogens is 4. The Morgan fingerprint density at radius 1 is 1.07 bits per heavy atom. The third-order valence-corrected chi connectivity index (χ3v) is 3.24. The Hall–Kier alpha value is -1.45. The van der Waals surface area contributed by atoms with Gasteiger partial charge in [-0.3, -0.25) is 0 Å². The lowest BCUT2D eigenvalue weighted by molar-refractivity contribution is 0.438. The second kappa shape index (κ2) is 3.61. The van der Waals surface area contributed by atoms with Crippen LogP contribution in [0.15, 0.2) is 12.7 Å². The van der Waals surface area contributed by atoms with Gasteiger partial charge >= 0.3 is 0 Å². The topological polar surface area (TPSA) is 54.5 Å². The van der Waals surface area contributed by atoms with Crippen LogP contribution >= 0.6 is 0 Å². The van der Waals surface area contributed by atoms with E-state index < -0.39 is 0 Å². The molecule has 0 radical (unpaired) electrons. The molecule has 4 heteroatoms. The van der Waals surface area contributed by atoms with E-state index in [1.807, 2.05) is 0 Å². The van der Waals surface area contributed by atoms with Crippen molar-refractivity contribution in [2.24, 2.45) is 0 Å². The van der Waals surface area contributed by atoms with Gasteiger partial charge in [0.2, 0.25) is 0 Å².